The molecule has 102 valence electrons. The van der Waals surface area contributed by atoms with E-state index in [9.17, 15) is 0 Å². The normalized spacial score (nSPS) is 20.7. The van der Waals surface area contributed by atoms with E-state index in [1.165, 1.54) is 22.3 Å². The van der Waals surface area contributed by atoms with Gasteiger partial charge in [-0.3, -0.25) is 0 Å². The zero-order chi connectivity index (χ0) is 13.4. The molecular weight excluding hydrogens is 248 g/mol. The predicted octanol–water partition coefficient (Wildman–Crippen LogP) is 3.48. The molecule has 0 amide bonds. The summed E-state index contributed by atoms with van der Waals surface area (Å²) in [5.74, 6) is 1.52. The molecule has 0 aliphatic carbocycles. The second kappa shape index (κ2) is 4.95. The first-order valence-electron chi connectivity index (χ1n) is 7.30. The van der Waals surface area contributed by atoms with Gasteiger partial charge in [-0.15, -0.1) is 0 Å². The third kappa shape index (κ3) is 2.10. The van der Waals surface area contributed by atoms with Crippen LogP contribution in [-0.2, 0) is 24.2 Å². The quantitative estimate of drug-likeness (QED) is 0.786. The lowest BCUT2D eigenvalue weighted by atomic mass is 9.88. The number of hydrogen-bond acceptors (Lipinski definition) is 2. The van der Waals surface area contributed by atoms with Crippen LogP contribution >= 0.6 is 0 Å². The minimum Gasteiger partial charge on any atom is -0.493 e. The standard InChI is InChI=1S/C18H18O2/c1-2-4-18-15(3-1)10-17(12-20-18)13-5-6-16-11-19-8-7-14(16)9-13/h1-6,9,17H,7-8,10-12H2. The van der Waals surface area contributed by atoms with Crippen molar-refractivity contribution >= 4 is 0 Å². The summed E-state index contributed by atoms with van der Waals surface area (Å²) in [6.07, 6.45) is 2.11. The van der Waals surface area contributed by atoms with E-state index in [1.54, 1.807) is 0 Å². The Morgan fingerprint density at radius 3 is 2.90 bits per heavy atom. The number of para-hydroxylation sites is 1. The molecule has 2 heteroatoms. The van der Waals surface area contributed by atoms with Crippen molar-refractivity contribution in [3.05, 3.63) is 64.7 Å². The van der Waals surface area contributed by atoms with Crippen LogP contribution in [0.5, 0.6) is 5.75 Å². The third-order valence-electron chi connectivity index (χ3n) is 4.35. The monoisotopic (exact) mass is 266 g/mol. The summed E-state index contributed by atoms with van der Waals surface area (Å²) in [4.78, 5) is 0. The van der Waals surface area contributed by atoms with Gasteiger partial charge in [0.15, 0.2) is 0 Å². The van der Waals surface area contributed by atoms with Crippen molar-refractivity contribution in [2.75, 3.05) is 13.2 Å². The smallest absolute Gasteiger partial charge is 0.122 e. The number of hydrogen-bond donors (Lipinski definition) is 0. The van der Waals surface area contributed by atoms with Gasteiger partial charge in [0.25, 0.3) is 0 Å². The van der Waals surface area contributed by atoms with Crippen LogP contribution in [0, 0.1) is 0 Å². The van der Waals surface area contributed by atoms with E-state index in [2.05, 4.69) is 36.4 Å². The zero-order valence-electron chi connectivity index (χ0n) is 11.5. The average Bonchev–Trinajstić information content (AvgIpc) is 2.54. The van der Waals surface area contributed by atoms with Crippen LogP contribution in [0.1, 0.15) is 28.2 Å². The molecule has 0 saturated carbocycles. The van der Waals surface area contributed by atoms with Crippen molar-refractivity contribution in [2.24, 2.45) is 0 Å². The second-order valence-electron chi connectivity index (χ2n) is 5.65. The zero-order valence-corrected chi connectivity index (χ0v) is 11.5. The lowest BCUT2D eigenvalue weighted by molar-refractivity contribution is 0.110. The highest BCUT2D eigenvalue weighted by Gasteiger charge is 2.22. The Morgan fingerprint density at radius 2 is 1.90 bits per heavy atom. The van der Waals surface area contributed by atoms with Crippen LogP contribution in [0.4, 0.5) is 0 Å². The largest absolute Gasteiger partial charge is 0.493 e. The lowest BCUT2D eigenvalue weighted by Gasteiger charge is -2.27. The van der Waals surface area contributed by atoms with Crippen molar-refractivity contribution < 1.29 is 9.47 Å². The summed E-state index contributed by atoms with van der Waals surface area (Å²) in [5, 5.41) is 0. The van der Waals surface area contributed by atoms with Gasteiger partial charge >= 0.3 is 0 Å². The Morgan fingerprint density at radius 1 is 0.950 bits per heavy atom. The van der Waals surface area contributed by atoms with E-state index in [1.807, 2.05) is 6.07 Å². The van der Waals surface area contributed by atoms with Crippen molar-refractivity contribution in [3.8, 4) is 5.75 Å². The Hall–Kier alpha value is -1.80. The predicted molar refractivity (Wildman–Crippen MR) is 78.2 cm³/mol. The van der Waals surface area contributed by atoms with Gasteiger partial charge in [-0.25, -0.2) is 0 Å². The van der Waals surface area contributed by atoms with E-state index in [0.29, 0.717) is 5.92 Å². The van der Waals surface area contributed by atoms with Gasteiger partial charge in [-0.2, -0.15) is 0 Å². The van der Waals surface area contributed by atoms with Crippen LogP contribution < -0.4 is 4.74 Å². The average molecular weight is 266 g/mol. The minimum absolute atomic E-state index is 0.470. The van der Waals surface area contributed by atoms with E-state index in [4.69, 9.17) is 9.47 Å². The van der Waals surface area contributed by atoms with Crippen LogP contribution in [0.15, 0.2) is 42.5 Å². The fourth-order valence-corrected chi connectivity index (χ4v) is 3.18. The Balaban J connectivity index is 1.63. The molecule has 20 heavy (non-hydrogen) atoms. The van der Waals surface area contributed by atoms with E-state index < -0.39 is 0 Å². The summed E-state index contributed by atoms with van der Waals surface area (Å²) in [6.45, 7) is 2.40. The fourth-order valence-electron chi connectivity index (χ4n) is 3.18. The summed E-state index contributed by atoms with van der Waals surface area (Å²) >= 11 is 0. The van der Waals surface area contributed by atoms with Gasteiger partial charge in [0, 0.05) is 5.92 Å². The Kier molecular flexibility index (Phi) is 2.96. The van der Waals surface area contributed by atoms with Crippen LogP contribution in [0.25, 0.3) is 0 Å². The topological polar surface area (TPSA) is 18.5 Å². The first-order valence-corrected chi connectivity index (χ1v) is 7.30. The highest BCUT2D eigenvalue weighted by molar-refractivity contribution is 5.40. The van der Waals surface area contributed by atoms with E-state index in [0.717, 1.165) is 38.4 Å². The molecular formula is C18H18O2. The van der Waals surface area contributed by atoms with Gasteiger partial charge in [-0.05, 0) is 41.2 Å². The number of rotatable bonds is 1. The molecule has 2 aliphatic rings. The van der Waals surface area contributed by atoms with Crippen LogP contribution in [0.3, 0.4) is 0 Å². The molecule has 0 spiro atoms. The summed E-state index contributed by atoms with van der Waals surface area (Å²) in [7, 11) is 0. The molecule has 0 saturated heterocycles. The summed E-state index contributed by atoms with van der Waals surface area (Å²) in [6, 6.07) is 15.2. The molecule has 2 nitrogen and oxygen atoms in total. The molecule has 2 aromatic carbocycles. The molecule has 4 rings (SSSR count). The lowest BCUT2D eigenvalue weighted by Crippen LogP contribution is -2.20. The molecule has 2 heterocycles. The highest BCUT2D eigenvalue weighted by Crippen LogP contribution is 2.33. The van der Waals surface area contributed by atoms with E-state index in [-0.39, 0.29) is 0 Å². The molecule has 2 aromatic rings. The van der Waals surface area contributed by atoms with Crippen LogP contribution in [-0.4, -0.2) is 13.2 Å². The van der Waals surface area contributed by atoms with Crippen LogP contribution in [0.2, 0.25) is 0 Å². The van der Waals surface area contributed by atoms with Crippen molar-refractivity contribution in [1.29, 1.82) is 0 Å². The first kappa shape index (κ1) is 12.0. The van der Waals surface area contributed by atoms with Gasteiger partial charge in [-0.1, -0.05) is 36.4 Å². The Bertz CT molecular complexity index is 633. The summed E-state index contributed by atoms with van der Waals surface area (Å²) < 4.78 is 11.4. The molecule has 0 bridgehead atoms. The summed E-state index contributed by atoms with van der Waals surface area (Å²) in [5.41, 5.74) is 5.52. The first-order chi connectivity index (χ1) is 9.90. The Labute approximate surface area is 119 Å². The number of ether oxygens (including phenoxy) is 2. The van der Waals surface area contributed by atoms with Gasteiger partial charge < -0.3 is 9.47 Å². The maximum Gasteiger partial charge on any atom is 0.122 e. The van der Waals surface area contributed by atoms with Gasteiger partial charge in [0.1, 0.15) is 5.75 Å². The molecule has 1 atom stereocenters. The van der Waals surface area contributed by atoms with Crippen molar-refractivity contribution in [3.63, 3.8) is 0 Å². The number of fused-ring (bicyclic) bond motifs is 2. The molecule has 0 N–H and O–H groups in total. The SMILES string of the molecule is c1ccc2c(c1)CC(c1ccc3c(c1)CCOC3)CO2. The van der Waals surface area contributed by atoms with Gasteiger partial charge in [0.2, 0.25) is 0 Å². The minimum atomic E-state index is 0.470. The fraction of sp³-hybridized carbons (Fsp3) is 0.333. The molecule has 0 radical (unpaired) electrons. The van der Waals surface area contributed by atoms with E-state index >= 15 is 0 Å². The van der Waals surface area contributed by atoms with Crippen molar-refractivity contribution in [1.82, 2.24) is 0 Å². The molecule has 2 aliphatic heterocycles. The maximum absolute atomic E-state index is 5.91. The molecule has 1 unspecified atom stereocenters. The molecule has 0 aromatic heterocycles. The number of benzene rings is 2. The van der Waals surface area contributed by atoms with Gasteiger partial charge in [0.05, 0.1) is 19.8 Å². The second-order valence-corrected chi connectivity index (χ2v) is 5.65. The maximum atomic E-state index is 5.91. The molecule has 0 fully saturated rings. The third-order valence-corrected chi connectivity index (χ3v) is 4.35. The highest BCUT2D eigenvalue weighted by atomic mass is 16.5. The van der Waals surface area contributed by atoms with Crippen molar-refractivity contribution in [2.45, 2.75) is 25.4 Å².